The number of carbonyl (C=O) groups is 1. The Labute approximate surface area is 147 Å². The Kier molecular flexibility index (Phi) is 4.10. The molecule has 0 spiro atoms. The molecule has 2 aliphatic rings. The Hall–Kier alpha value is -1.83. The van der Waals surface area contributed by atoms with Gasteiger partial charge in [-0.1, -0.05) is 0 Å². The molecule has 1 saturated heterocycles. The summed E-state index contributed by atoms with van der Waals surface area (Å²) < 4.78 is 39.7. The number of halogens is 3. The predicted octanol–water partition coefficient (Wildman–Crippen LogP) is 4.98. The first-order chi connectivity index (χ1) is 11.9. The number of alkyl halides is 3. The minimum atomic E-state index is -4.25. The van der Waals surface area contributed by atoms with Crippen LogP contribution in [0.3, 0.4) is 0 Å². The Morgan fingerprint density at radius 2 is 2.08 bits per heavy atom. The molecule has 2 amide bonds. The Morgan fingerprint density at radius 3 is 2.80 bits per heavy atom. The van der Waals surface area contributed by atoms with Crippen molar-refractivity contribution in [1.82, 2.24) is 9.88 Å². The van der Waals surface area contributed by atoms with Crippen molar-refractivity contribution in [2.45, 2.75) is 37.8 Å². The zero-order valence-electron chi connectivity index (χ0n) is 13.5. The number of aromatic nitrogens is 1. The summed E-state index contributed by atoms with van der Waals surface area (Å²) in [6.45, 7) is 0.0804. The number of carbonyl (C=O) groups excluding carboxylic acids is 1. The van der Waals surface area contributed by atoms with Crippen LogP contribution in [-0.2, 0) is 0 Å². The van der Waals surface area contributed by atoms with Gasteiger partial charge in [-0.2, -0.15) is 13.2 Å². The van der Waals surface area contributed by atoms with Crippen molar-refractivity contribution in [3.05, 3.63) is 23.2 Å². The lowest BCUT2D eigenvalue weighted by Gasteiger charge is -2.33. The fourth-order valence-corrected chi connectivity index (χ4v) is 4.33. The Bertz CT molecular complexity index is 800. The molecule has 2 fully saturated rings. The highest BCUT2D eigenvalue weighted by Gasteiger charge is 2.42. The highest BCUT2D eigenvalue weighted by atomic mass is 32.1. The normalized spacial score (nSPS) is 21.6. The van der Waals surface area contributed by atoms with E-state index in [9.17, 15) is 18.0 Å². The molecule has 4 rings (SSSR count). The Balaban J connectivity index is 1.45. The van der Waals surface area contributed by atoms with Gasteiger partial charge < -0.3 is 10.2 Å². The fourth-order valence-electron chi connectivity index (χ4n) is 3.16. The third kappa shape index (κ3) is 3.58. The van der Waals surface area contributed by atoms with Crippen molar-refractivity contribution in [3.8, 4) is 0 Å². The van der Waals surface area contributed by atoms with Gasteiger partial charge in [-0.3, -0.25) is 0 Å². The molecule has 134 valence electrons. The van der Waals surface area contributed by atoms with Crippen molar-refractivity contribution >= 4 is 33.3 Å². The molecule has 2 heterocycles. The van der Waals surface area contributed by atoms with E-state index in [0.717, 1.165) is 15.2 Å². The molecule has 8 heteroatoms. The van der Waals surface area contributed by atoms with Crippen molar-refractivity contribution in [2.24, 2.45) is 5.92 Å². The van der Waals surface area contributed by atoms with Crippen LogP contribution in [0.5, 0.6) is 0 Å². The lowest BCUT2D eigenvalue weighted by Crippen LogP contribution is -2.46. The molecule has 1 saturated carbocycles. The smallest absolute Gasteiger partial charge is 0.324 e. The molecular formula is C17H18F3N3OS. The molecule has 1 atom stereocenters. The summed E-state index contributed by atoms with van der Waals surface area (Å²) in [6.07, 6.45) is -1.43. The molecule has 1 aromatic carbocycles. The Morgan fingerprint density at radius 1 is 1.28 bits per heavy atom. The zero-order chi connectivity index (χ0) is 17.6. The molecule has 25 heavy (non-hydrogen) atoms. The van der Waals surface area contributed by atoms with Gasteiger partial charge in [-0.15, -0.1) is 11.3 Å². The van der Waals surface area contributed by atoms with Crippen LogP contribution in [0.1, 0.15) is 36.6 Å². The zero-order valence-corrected chi connectivity index (χ0v) is 14.3. The quantitative estimate of drug-likeness (QED) is 0.811. The van der Waals surface area contributed by atoms with Gasteiger partial charge in [-0.05, 0) is 43.9 Å². The van der Waals surface area contributed by atoms with E-state index >= 15 is 0 Å². The fraction of sp³-hybridized carbons (Fsp3) is 0.529. The number of piperidine rings is 1. The average molecular weight is 369 g/mol. The number of fused-ring (bicyclic) bond motifs is 1. The molecule has 2 aromatic rings. The van der Waals surface area contributed by atoms with Crippen LogP contribution in [-0.4, -0.2) is 35.2 Å². The summed E-state index contributed by atoms with van der Waals surface area (Å²) in [4.78, 5) is 18.2. The van der Waals surface area contributed by atoms with Crippen LogP contribution in [0.4, 0.5) is 23.7 Å². The van der Waals surface area contributed by atoms with E-state index in [1.807, 2.05) is 12.1 Å². The van der Waals surface area contributed by atoms with Gasteiger partial charge in [0.25, 0.3) is 0 Å². The maximum atomic E-state index is 12.9. The molecule has 0 radical (unpaired) electrons. The van der Waals surface area contributed by atoms with E-state index in [1.54, 1.807) is 17.4 Å². The SMILES string of the molecule is O=C(Nc1ccc2nc(C3CC3)sc2c1)N1CCC[C@H](C(F)(F)F)C1. The van der Waals surface area contributed by atoms with Crippen LogP contribution in [0.25, 0.3) is 10.2 Å². The highest BCUT2D eigenvalue weighted by Crippen LogP contribution is 2.43. The first-order valence-corrected chi connectivity index (χ1v) is 9.25. The lowest BCUT2D eigenvalue weighted by atomic mass is 9.98. The van der Waals surface area contributed by atoms with Crippen molar-refractivity contribution in [3.63, 3.8) is 0 Å². The first-order valence-electron chi connectivity index (χ1n) is 8.43. The van der Waals surface area contributed by atoms with E-state index in [4.69, 9.17) is 0 Å². The molecule has 1 aromatic heterocycles. The number of hydrogen-bond donors (Lipinski definition) is 1. The summed E-state index contributed by atoms with van der Waals surface area (Å²) >= 11 is 1.62. The number of anilines is 1. The number of urea groups is 1. The largest absolute Gasteiger partial charge is 0.393 e. The van der Waals surface area contributed by atoms with Crippen molar-refractivity contribution in [2.75, 3.05) is 18.4 Å². The third-order valence-corrected chi connectivity index (χ3v) is 5.94. The van der Waals surface area contributed by atoms with Crippen molar-refractivity contribution < 1.29 is 18.0 Å². The van der Waals surface area contributed by atoms with E-state index in [1.165, 1.54) is 17.7 Å². The number of nitrogens with one attached hydrogen (secondary N) is 1. The van der Waals surface area contributed by atoms with Crippen LogP contribution in [0, 0.1) is 5.92 Å². The van der Waals surface area contributed by atoms with E-state index in [0.29, 0.717) is 24.6 Å². The standard InChI is InChI=1S/C17H18F3N3OS/c18-17(19,20)11-2-1-7-23(9-11)16(24)21-12-5-6-13-14(8-12)25-15(22-13)10-3-4-10/h5-6,8,10-11H,1-4,7,9H2,(H,21,24)/t11-/m0/s1. The summed E-state index contributed by atoms with van der Waals surface area (Å²) in [6, 6.07) is 4.98. The van der Waals surface area contributed by atoms with Gasteiger partial charge in [0.15, 0.2) is 0 Å². The van der Waals surface area contributed by atoms with Gasteiger partial charge in [-0.25, -0.2) is 9.78 Å². The van der Waals surface area contributed by atoms with Crippen LogP contribution >= 0.6 is 11.3 Å². The molecule has 4 nitrogen and oxygen atoms in total. The number of amides is 2. The number of rotatable bonds is 2. The molecular weight excluding hydrogens is 351 g/mol. The third-order valence-electron chi connectivity index (χ3n) is 4.75. The second kappa shape index (κ2) is 6.16. The summed E-state index contributed by atoms with van der Waals surface area (Å²) in [7, 11) is 0. The van der Waals surface area contributed by atoms with E-state index < -0.39 is 18.1 Å². The predicted molar refractivity (Wildman–Crippen MR) is 91.0 cm³/mol. The van der Waals surface area contributed by atoms with Gasteiger partial charge in [0.1, 0.15) is 0 Å². The number of likely N-dealkylation sites (tertiary alicyclic amines) is 1. The number of benzene rings is 1. The summed E-state index contributed by atoms with van der Waals surface area (Å²) in [5.74, 6) is -0.861. The van der Waals surface area contributed by atoms with Gasteiger partial charge in [0, 0.05) is 24.7 Å². The van der Waals surface area contributed by atoms with Gasteiger partial charge in [0.05, 0.1) is 21.1 Å². The topological polar surface area (TPSA) is 45.2 Å². The number of thiazole rings is 1. The van der Waals surface area contributed by atoms with Crippen molar-refractivity contribution in [1.29, 1.82) is 0 Å². The first kappa shape index (κ1) is 16.6. The van der Waals surface area contributed by atoms with E-state index in [2.05, 4.69) is 10.3 Å². The maximum Gasteiger partial charge on any atom is 0.393 e. The molecule has 1 aliphatic heterocycles. The second-order valence-corrected chi connectivity index (χ2v) is 7.83. The molecule has 0 bridgehead atoms. The van der Waals surface area contributed by atoms with Crippen LogP contribution < -0.4 is 5.32 Å². The lowest BCUT2D eigenvalue weighted by molar-refractivity contribution is -0.183. The summed E-state index contributed by atoms with van der Waals surface area (Å²) in [5.41, 5.74) is 1.50. The van der Waals surface area contributed by atoms with E-state index in [-0.39, 0.29) is 13.0 Å². The minimum Gasteiger partial charge on any atom is -0.324 e. The van der Waals surface area contributed by atoms with Gasteiger partial charge in [0.2, 0.25) is 0 Å². The van der Waals surface area contributed by atoms with Crippen LogP contribution in [0.2, 0.25) is 0 Å². The minimum absolute atomic E-state index is 0.0873. The summed E-state index contributed by atoms with van der Waals surface area (Å²) in [5, 5.41) is 3.86. The highest BCUT2D eigenvalue weighted by molar-refractivity contribution is 7.18. The maximum absolute atomic E-state index is 12.9. The number of nitrogens with zero attached hydrogens (tertiary/aromatic N) is 2. The molecule has 1 N–H and O–H groups in total. The average Bonchev–Trinajstić information content (AvgIpc) is 3.34. The monoisotopic (exact) mass is 369 g/mol. The molecule has 0 unspecified atom stereocenters. The van der Waals surface area contributed by atoms with Gasteiger partial charge >= 0.3 is 12.2 Å². The molecule has 1 aliphatic carbocycles. The van der Waals surface area contributed by atoms with Crippen LogP contribution in [0.15, 0.2) is 18.2 Å². The second-order valence-electron chi connectivity index (χ2n) is 6.77. The number of hydrogen-bond acceptors (Lipinski definition) is 3.